The SMILES string of the molecule is Cc1ccc(C)c(COC(=O)CNS(=O)(=O)c2ccc3ccccc3c2)c1. The van der Waals surface area contributed by atoms with Crippen molar-refractivity contribution in [1.82, 2.24) is 4.72 Å². The molecule has 3 aromatic carbocycles. The first kappa shape index (κ1) is 19.1. The van der Waals surface area contributed by atoms with E-state index in [9.17, 15) is 13.2 Å². The fraction of sp³-hybridized carbons (Fsp3) is 0.190. The van der Waals surface area contributed by atoms with Gasteiger partial charge in [-0.3, -0.25) is 4.79 Å². The second kappa shape index (κ2) is 7.90. The van der Waals surface area contributed by atoms with Crippen molar-refractivity contribution < 1.29 is 17.9 Å². The highest BCUT2D eigenvalue weighted by molar-refractivity contribution is 7.89. The standard InChI is InChI=1S/C21H21NO4S/c1-15-7-8-16(2)19(11-15)14-26-21(23)13-22-27(24,25)20-10-9-17-5-3-4-6-18(17)12-20/h3-12,22H,13-14H2,1-2H3. The molecule has 0 amide bonds. The molecule has 0 aromatic heterocycles. The highest BCUT2D eigenvalue weighted by atomic mass is 32.2. The molecule has 0 fully saturated rings. The molecule has 3 aromatic rings. The van der Waals surface area contributed by atoms with E-state index in [0.717, 1.165) is 27.5 Å². The number of ether oxygens (including phenoxy) is 1. The molecule has 1 N–H and O–H groups in total. The third-order valence-electron chi connectivity index (χ3n) is 4.33. The van der Waals surface area contributed by atoms with Gasteiger partial charge in [0.25, 0.3) is 0 Å². The van der Waals surface area contributed by atoms with Crippen molar-refractivity contribution in [2.75, 3.05) is 6.54 Å². The molecular formula is C21H21NO4S. The van der Waals surface area contributed by atoms with Crippen LogP contribution in [-0.4, -0.2) is 20.9 Å². The minimum Gasteiger partial charge on any atom is -0.460 e. The first-order chi connectivity index (χ1) is 12.8. The van der Waals surface area contributed by atoms with E-state index >= 15 is 0 Å². The Morgan fingerprint density at radius 3 is 2.48 bits per heavy atom. The van der Waals surface area contributed by atoms with E-state index < -0.39 is 22.5 Å². The summed E-state index contributed by atoms with van der Waals surface area (Å²) >= 11 is 0. The molecule has 0 spiro atoms. The van der Waals surface area contributed by atoms with Crippen LogP contribution < -0.4 is 4.72 Å². The summed E-state index contributed by atoms with van der Waals surface area (Å²) < 4.78 is 32.4. The van der Waals surface area contributed by atoms with Gasteiger partial charge in [-0.25, -0.2) is 8.42 Å². The van der Waals surface area contributed by atoms with E-state index in [1.165, 1.54) is 6.07 Å². The predicted molar refractivity (Wildman–Crippen MR) is 105 cm³/mol. The number of fused-ring (bicyclic) bond motifs is 1. The van der Waals surface area contributed by atoms with Crippen molar-refractivity contribution in [3.8, 4) is 0 Å². The van der Waals surface area contributed by atoms with E-state index in [1.54, 1.807) is 12.1 Å². The maximum atomic E-state index is 12.4. The number of hydrogen-bond acceptors (Lipinski definition) is 4. The topological polar surface area (TPSA) is 72.5 Å². The van der Waals surface area contributed by atoms with Gasteiger partial charge >= 0.3 is 5.97 Å². The molecule has 0 aliphatic carbocycles. The van der Waals surface area contributed by atoms with E-state index in [4.69, 9.17) is 4.74 Å². The zero-order valence-electron chi connectivity index (χ0n) is 15.2. The lowest BCUT2D eigenvalue weighted by atomic mass is 10.1. The fourth-order valence-corrected chi connectivity index (χ4v) is 3.74. The number of nitrogens with one attached hydrogen (secondary N) is 1. The second-order valence-corrected chi connectivity index (χ2v) is 8.19. The molecular weight excluding hydrogens is 362 g/mol. The first-order valence-corrected chi connectivity index (χ1v) is 10.0. The Kier molecular flexibility index (Phi) is 5.58. The molecule has 0 atom stereocenters. The van der Waals surface area contributed by atoms with Gasteiger partial charge in [0, 0.05) is 0 Å². The van der Waals surface area contributed by atoms with E-state index in [-0.39, 0.29) is 11.5 Å². The van der Waals surface area contributed by atoms with E-state index in [2.05, 4.69) is 4.72 Å². The van der Waals surface area contributed by atoms with Gasteiger partial charge in [-0.15, -0.1) is 0 Å². The molecule has 6 heteroatoms. The van der Waals surface area contributed by atoms with Crippen molar-refractivity contribution in [1.29, 1.82) is 0 Å². The second-order valence-electron chi connectivity index (χ2n) is 6.42. The lowest BCUT2D eigenvalue weighted by molar-refractivity contribution is -0.143. The zero-order valence-corrected chi connectivity index (χ0v) is 16.0. The zero-order chi connectivity index (χ0) is 19.4. The molecule has 0 bridgehead atoms. The Hall–Kier alpha value is -2.70. The number of benzene rings is 3. The smallest absolute Gasteiger partial charge is 0.321 e. The van der Waals surface area contributed by atoms with Crippen LogP contribution in [0.2, 0.25) is 0 Å². The van der Waals surface area contributed by atoms with E-state index in [0.29, 0.717) is 0 Å². The Balaban J connectivity index is 1.62. The largest absolute Gasteiger partial charge is 0.460 e. The average molecular weight is 383 g/mol. The van der Waals surface area contributed by atoms with Crippen molar-refractivity contribution in [3.63, 3.8) is 0 Å². The van der Waals surface area contributed by atoms with Gasteiger partial charge in [-0.05, 0) is 47.9 Å². The average Bonchev–Trinajstić information content (AvgIpc) is 2.66. The normalized spacial score (nSPS) is 11.5. The molecule has 140 valence electrons. The Labute approximate surface area is 159 Å². The summed E-state index contributed by atoms with van der Waals surface area (Å²) in [4.78, 5) is 12.1. The maximum absolute atomic E-state index is 12.4. The van der Waals surface area contributed by atoms with Gasteiger partial charge in [0.15, 0.2) is 0 Å². The number of carbonyl (C=O) groups excluding carboxylic acids is 1. The van der Waals surface area contributed by atoms with Crippen molar-refractivity contribution in [2.24, 2.45) is 0 Å². The van der Waals surface area contributed by atoms with Crippen molar-refractivity contribution in [3.05, 3.63) is 77.4 Å². The monoisotopic (exact) mass is 383 g/mol. The summed E-state index contributed by atoms with van der Waals surface area (Å²) in [5.41, 5.74) is 2.99. The summed E-state index contributed by atoms with van der Waals surface area (Å²) in [6, 6.07) is 18.2. The number of aryl methyl sites for hydroxylation is 2. The number of esters is 1. The summed E-state index contributed by atoms with van der Waals surface area (Å²) in [5, 5.41) is 1.77. The van der Waals surface area contributed by atoms with Crippen LogP contribution in [0.1, 0.15) is 16.7 Å². The van der Waals surface area contributed by atoms with Gasteiger partial charge in [0.05, 0.1) is 4.90 Å². The van der Waals surface area contributed by atoms with Crippen molar-refractivity contribution in [2.45, 2.75) is 25.3 Å². The van der Waals surface area contributed by atoms with Crippen LogP contribution in [0.3, 0.4) is 0 Å². The predicted octanol–water partition coefficient (Wildman–Crippen LogP) is 3.48. The number of carbonyl (C=O) groups is 1. The molecule has 0 heterocycles. The Morgan fingerprint density at radius 1 is 0.963 bits per heavy atom. The summed E-state index contributed by atoms with van der Waals surface area (Å²) in [6.07, 6.45) is 0. The van der Waals surface area contributed by atoms with Gasteiger partial charge in [-0.2, -0.15) is 4.72 Å². The Morgan fingerprint density at radius 2 is 1.70 bits per heavy atom. The molecule has 0 aliphatic heterocycles. The van der Waals surface area contributed by atoms with Gasteiger partial charge < -0.3 is 4.74 Å². The third-order valence-corrected chi connectivity index (χ3v) is 5.73. The van der Waals surface area contributed by atoms with Crippen LogP contribution in [0.25, 0.3) is 10.8 Å². The third kappa shape index (κ3) is 4.72. The lowest BCUT2D eigenvalue weighted by Gasteiger charge is -2.10. The highest BCUT2D eigenvalue weighted by Crippen LogP contribution is 2.18. The van der Waals surface area contributed by atoms with Crippen LogP contribution in [-0.2, 0) is 26.2 Å². The summed E-state index contributed by atoms with van der Waals surface area (Å²) in [5.74, 6) is -0.625. The molecule has 3 rings (SSSR count). The fourth-order valence-electron chi connectivity index (χ4n) is 2.74. The van der Waals surface area contributed by atoms with Gasteiger partial charge in [0.2, 0.25) is 10.0 Å². The number of hydrogen-bond donors (Lipinski definition) is 1. The highest BCUT2D eigenvalue weighted by Gasteiger charge is 2.16. The lowest BCUT2D eigenvalue weighted by Crippen LogP contribution is -2.30. The van der Waals surface area contributed by atoms with Gasteiger partial charge in [-0.1, -0.05) is 54.1 Å². The molecule has 0 aliphatic rings. The summed E-state index contributed by atoms with van der Waals surface area (Å²) in [7, 11) is -3.80. The molecule has 0 radical (unpaired) electrons. The molecule has 27 heavy (non-hydrogen) atoms. The molecule has 0 saturated carbocycles. The van der Waals surface area contributed by atoms with Crippen LogP contribution >= 0.6 is 0 Å². The van der Waals surface area contributed by atoms with Crippen LogP contribution in [0, 0.1) is 13.8 Å². The van der Waals surface area contributed by atoms with Crippen LogP contribution in [0.15, 0.2) is 65.6 Å². The maximum Gasteiger partial charge on any atom is 0.321 e. The van der Waals surface area contributed by atoms with E-state index in [1.807, 2.05) is 56.3 Å². The summed E-state index contributed by atoms with van der Waals surface area (Å²) in [6.45, 7) is 3.59. The number of sulfonamides is 1. The van der Waals surface area contributed by atoms with Crippen LogP contribution in [0.5, 0.6) is 0 Å². The van der Waals surface area contributed by atoms with Gasteiger partial charge in [0.1, 0.15) is 13.2 Å². The first-order valence-electron chi connectivity index (χ1n) is 8.55. The minimum atomic E-state index is -3.80. The molecule has 5 nitrogen and oxygen atoms in total. The Bertz CT molecular complexity index is 1090. The van der Waals surface area contributed by atoms with Crippen molar-refractivity contribution >= 4 is 26.8 Å². The quantitative estimate of drug-likeness (QED) is 0.662. The molecule has 0 saturated heterocycles. The minimum absolute atomic E-state index is 0.114. The number of rotatable bonds is 6. The van der Waals surface area contributed by atoms with Crippen LogP contribution in [0.4, 0.5) is 0 Å². The molecule has 0 unspecified atom stereocenters.